The van der Waals surface area contributed by atoms with E-state index in [2.05, 4.69) is 19.6 Å². The van der Waals surface area contributed by atoms with Gasteiger partial charge in [0, 0.05) is 0 Å². The second-order valence-corrected chi connectivity index (χ2v) is 4.76. The van der Waals surface area contributed by atoms with Crippen molar-refractivity contribution in [1.29, 1.82) is 0 Å². The predicted molar refractivity (Wildman–Crippen MR) is 72.9 cm³/mol. The first kappa shape index (κ1) is 15.9. The fraction of sp³-hybridized carbons (Fsp3) is 0.533. The van der Waals surface area contributed by atoms with Gasteiger partial charge in [-0.05, 0) is 52.0 Å². The van der Waals surface area contributed by atoms with E-state index in [0.717, 1.165) is 31.1 Å². The van der Waals surface area contributed by atoms with Crippen LogP contribution >= 0.6 is 0 Å². The highest BCUT2D eigenvalue weighted by molar-refractivity contribution is 5.71. The van der Waals surface area contributed by atoms with Crippen molar-refractivity contribution in [2.75, 3.05) is 0 Å². The van der Waals surface area contributed by atoms with Crippen LogP contribution in [0.1, 0.15) is 46.5 Å². The van der Waals surface area contributed by atoms with Crippen LogP contribution in [0.5, 0.6) is 0 Å². The molecule has 0 spiro atoms. The van der Waals surface area contributed by atoms with Gasteiger partial charge < -0.3 is 5.11 Å². The van der Waals surface area contributed by atoms with Crippen molar-refractivity contribution in [3.63, 3.8) is 0 Å². The van der Waals surface area contributed by atoms with Gasteiger partial charge in [0.2, 0.25) is 0 Å². The van der Waals surface area contributed by atoms with Gasteiger partial charge in [-0.2, -0.15) is 0 Å². The summed E-state index contributed by atoms with van der Waals surface area (Å²) in [6.45, 7) is 9.25. The summed E-state index contributed by atoms with van der Waals surface area (Å²) in [7, 11) is 0. The zero-order valence-corrected chi connectivity index (χ0v) is 11.2. The molecular weight excluding hydrogens is 212 g/mol. The molecule has 1 N–H and O–H groups in total. The van der Waals surface area contributed by atoms with Crippen LogP contribution < -0.4 is 0 Å². The number of rotatable bonds is 8. The molecule has 2 heteroatoms. The molecule has 0 fully saturated rings. The zero-order chi connectivity index (χ0) is 13.3. The molecule has 0 aromatic heterocycles. The predicted octanol–water partition coefficient (Wildman–Crippen LogP) is 3.58. The van der Waals surface area contributed by atoms with Crippen molar-refractivity contribution < 1.29 is 9.90 Å². The van der Waals surface area contributed by atoms with Crippen molar-refractivity contribution >= 4 is 6.29 Å². The molecule has 1 unspecified atom stereocenters. The molecule has 0 rings (SSSR count). The molecule has 0 aromatic rings. The van der Waals surface area contributed by atoms with Crippen LogP contribution in [-0.4, -0.2) is 17.0 Å². The fourth-order valence-corrected chi connectivity index (χ4v) is 1.39. The molecule has 0 saturated heterocycles. The minimum atomic E-state index is -0.773. The molecule has 0 aromatic carbocycles. The number of allylic oxidation sites excluding steroid dienone is 4. The fourth-order valence-electron chi connectivity index (χ4n) is 1.39. The molecule has 0 radical (unpaired) electrons. The molecular formula is C15H24O2. The Morgan fingerprint density at radius 3 is 2.47 bits per heavy atom. The smallest absolute Gasteiger partial charge is 0.145 e. The van der Waals surface area contributed by atoms with Crippen LogP contribution in [0.2, 0.25) is 0 Å². The van der Waals surface area contributed by atoms with E-state index in [0.29, 0.717) is 6.42 Å². The molecule has 0 aliphatic carbocycles. The van der Waals surface area contributed by atoms with E-state index in [1.165, 1.54) is 5.57 Å². The second-order valence-electron chi connectivity index (χ2n) is 4.76. The first-order valence-corrected chi connectivity index (χ1v) is 6.05. The third kappa shape index (κ3) is 8.64. The zero-order valence-electron chi connectivity index (χ0n) is 11.2. The standard InChI is InChI=1S/C15H24O2/c1-5-15(4,17)11-7-10-13(2)8-6-9-14(3)12-16/h5,9-10,12,17H,1,6-8,11H2,2-4H3/b13-10+,14-9+. The first-order chi connectivity index (χ1) is 7.91. The largest absolute Gasteiger partial charge is 0.386 e. The van der Waals surface area contributed by atoms with Gasteiger partial charge in [-0.1, -0.05) is 23.8 Å². The van der Waals surface area contributed by atoms with Gasteiger partial charge >= 0.3 is 0 Å². The van der Waals surface area contributed by atoms with Gasteiger partial charge in [-0.3, -0.25) is 4.79 Å². The summed E-state index contributed by atoms with van der Waals surface area (Å²) >= 11 is 0. The SMILES string of the molecule is C=CC(C)(O)CC/C=C(\C)CC/C=C(\C)C=O. The summed E-state index contributed by atoms with van der Waals surface area (Å²) in [5.74, 6) is 0. The maximum absolute atomic E-state index is 10.4. The molecule has 0 bridgehead atoms. The van der Waals surface area contributed by atoms with E-state index < -0.39 is 5.60 Å². The Kier molecular flexibility index (Phi) is 7.47. The van der Waals surface area contributed by atoms with E-state index in [4.69, 9.17) is 0 Å². The Hall–Kier alpha value is -1.15. The quantitative estimate of drug-likeness (QED) is 0.397. The molecule has 96 valence electrons. The lowest BCUT2D eigenvalue weighted by molar-refractivity contribution is -0.104. The Morgan fingerprint density at radius 2 is 1.94 bits per heavy atom. The number of aldehydes is 1. The van der Waals surface area contributed by atoms with Gasteiger partial charge in [0.15, 0.2) is 0 Å². The number of aliphatic hydroxyl groups is 1. The summed E-state index contributed by atoms with van der Waals surface area (Å²) in [5, 5.41) is 9.72. The summed E-state index contributed by atoms with van der Waals surface area (Å²) in [6, 6.07) is 0. The van der Waals surface area contributed by atoms with Crippen LogP contribution in [0.25, 0.3) is 0 Å². The third-order valence-corrected chi connectivity index (χ3v) is 2.77. The van der Waals surface area contributed by atoms with Crippen LogP contribution in [0, 0.1) is 0 Å². The van der Waals surface area contributed by atoms with Crippen LogP contribution in [0.3, 0.4) is 0 Å². The number of hydrogen-bond acceptors (Lipinski definition) is 2. The second kappa shape index (κ2) is 8.02. The highest BCUT2D eigenvalue weighted by atomic mass is 16.3. The Morgan fingerprint density at radius 1 is 1.29 bits per heavy atom. The van der Waals surface area contributed by atoms with Gasteiger partial charge in [0.1, 0.15) is 6.29 Å². The number of hydrogen-bond donors (Lipinski definition) is 1. The van der Waals surface area contributed by atoms with Crippen molar-refractivity contribution in [2.24, 2.45) is 0 Å². The van der Waals surface area contributed by atoms with Gasteiger partial charge in [-0.15, -0.1) is 6.58 Å². The Bertz CT molecular complexity index is 309. The lowest BCUT2D eigenvalue weighted by Crippen LogP contribution is -2.19. The van der Waals surface area contributed by atoms with Crippen LogP contribution in [-0.2, 0) is 4.79 Å². The Labute approximate surface area is 105 Å². The van der Waals surface area contributed by atoms with Crippen molar-refractivity contribution in [3.8, 4) is 0 Å². The van der Waals surface area contributed by atoms with Crippen molar-refractivity contribution in [3.05, 3.63) is 36.0 Å². The number of carbonyl (C=O) groups is 1. The summed E-state index contributed by atoms with van der Waals surface area (Å²) < 4.78 is 0. The van der Waals surface area contributed by atoms with Crippen molar-refractivity contribution in [2.45, 2.75) is 52.1 Å². The molecule has 2 nitrogen and oxygen atoms in total. The molecule has 0 aliphatic rings. The van der Waals surface area contributed by atoms with E-state index in [-0.39, 0.29) is 0 Å². The lowest BCUT2D eigenvalue weighted by atomic mass is 9.99. The molecule has 0 aliphatic heterocycles. The topological polar surface area (TPSA) is 37.3 Å². The van der Waals surface area contributed by atoms with Gasteiger partial charge in [0.05, 0.1) is 5.60 Å². The minimum absolute atomic E-state index is 0.692. The first-order valence-electron chi connectivity index (χ1n) is 6.05. The van der Waals surface area contributed by atoms with E-state index in [1.54, 1.807) is 13.0 Å². The highest BCUT2D eigenvalue weighted by Gasteiger charge is 2.13. The maximum atomic E-state index is 10.4. The number of carbonyl (C=O) groups excluding carboxylic acids is 1. The van der Waals surface area contributed by atoms with Crippen molar-refractivity contribution in [1.82, 2.24) is 0 Å². The normalized spacial score (nSPS) is 16.5. The van der Waals surface area contributed by atoms with E-state index in [9.17, 15) is 9.90 Å². The van der Waals surface area contributed by atoms with E-state index in [1.807, 2.05) is 13.0 Å². The third-order valence-electron chi connectivity index (χ3n) is 2.77. The lowest BCUT2D eigenvalue weighted by Gasteiger charge is -2.16. The average Bonchev–Trinajstić information content (AvgIpc) is 2.28. The highest BCUT2D eigenvalue weighted by Crippen LogP contribution is 2.15. The summed E-state index contributed by atoms with van der Waals surface area (Å²) in [6.07, 6.45) is 9.93. The monoisotopic (exact) mass is 236 g/mol. The summed E-state index contributed by atoms with van der Waals surface area (Å²) in [5.41, 5.74) is 1.30. The average molecular weight is 236 g/mol. The molecule has 17 heavy (non-hydrogen) atoms. The van der Waals surface area contributed by atoms with Crippen LogP contribution in [0.4, 0.5) is 0 Å². The molecule has 0 saturated carbocycles. The molecule has 0 heterocycles. The van der Waals surface area contributed by atoms with Crippen LogP contribution in [0.15, 0.2) is 36.0 Å². The van der Waals surface area contributed by atoms with Gasteiger partial charge in [0.25, 0.3) is 0 Å². The summed E-state index contributed by atoms with van der Waals surface area (Å²) in [4.78, 5) is 10.4. The van der Waals surface area contributed by atoms with E-state index >= 15 is 0 Å². The minimum Gasteiger partial charge on any atom is -0.386 e. The molecule has 1 atom stereocenters. The Balaban J connectivity index is 3.95. The maximum Gasteiger partial charge on any atom is 0.145 e. The van der Waals surface area contributed by atoms with Gasteiger partial charge in [-0.25, -0.2) is 0 Å². The molecule has 0 amide bonds.